The molecule has 0 amide bonds. The molecule has 1 saturated carbocycles. The Bertz CT molecular complexity index is 430. The lowest BCUT2D eigenvalue weighted by molar-refractivity contribution is -0.384. The van der Waals surface area contributed by atoms with E-state index in [1.54, 1.807) is 12.1 Å². The van der Waals surface area contributed by atoms with E-state index in [1.807, 2.05) is 0 Å². The molecule has 0 N–H and O–H groups in total. The van der Waals surface area contributed by atoms with E-state index in [0.717, 1.165) is 18.6 Å². The predicted octanol–water partition coefficient (Wildman–Crippen LogP) is 3.46. The molecule has 0 saturated heterocycles. The van der Waals surface area contributed by atoms with Gasteiger partial charge in [-0.05, 0) is 24.7 Å². The summed E-state index contributed by atoms with van der Waals surface area (Å²) in [7, 11) is 0. The van der Waals surface area contributed by atoms with Crippen LogP contribution in [0.3, 0.4) is 0 Å². The normalized spacial score (nSPS) is 17.6. The van der Waals surface area contributed by atoms with Crippen LogP contribution >= 0.6 is 12.6 Å². The number of nitro groups is 1. The van der Waals surface area contributed by atoms with Crippen LogP contribution in [0.25, 0.3) is 0 Å². The van der Waals surface area contributed by atoms with E-state index in [1.165, 1.54) is 25.0 Å². The molecule has 18 heavy (non-hydrogen) atoms. The summed E-state index contributed by atoms with van der Waals surface area (Å²) in [6.07, 6.45) is 4.70. The van der Waals surface area contributed by atoms with Crippen molar-refractivity contribution >= 4 is 18.3 Å². The molecule has 4 nitrogen and oxygen atoms in total. The first-order valence-corrected chi connectivity index (χ1v) is 6.77. The van der Waals surface area contributed by atoms with E-state index in [2.05, 4.69) is 12.6 Å². The van der Waals surface area contributed by atoms with Gasteiger partial charge in [-0.1, -0.05) is 18.9 Å². The van der Waals surface area contributed by atoms with Crippen LogP contribution in [0, 0.1) is 15.5 Å². The molecule has 98 valence electrons. The fraction of sp³-hybridized carbons (Fsp3) is 0.538. The summed E-state index contributed by atoms with van der Waals surface area (Å²) < 4.78 is 5.72. The van der Waals surface area contributed by atoms with Crippen LogP contribution in [-0.2, 0) is 0 Å². The fourth-order valence-corrected chi connectivity index (χ4v) is 2.80. The van der Waals surface area contributed by atoms with Crippen LogP contribution in [0.2, 0.25) is 0 Å². The Morgan fingerprint density at radius 1 is 1.39 bits per heavy atom. The third-order valence-corrected chi connectivity index (χ3v) is 4.24. The maximum absolute atomic E-state index is 10.7. The monoisotopic (exact) mass is 267 g/mol. The molecule has 5 heteroatoms. The van der Waals surface area contributed by atoms with Gasteiger partial charge in [0.05, 0.1) is 17.6 Å². The van der Waals surface area contributed by atoms with Crippen molar-refractivity contribution in [3.63, 3.8) is 0 Å². The van der Waals surface area contributed by atoms with E-state index < -0.39 is 4.92 Å². The number of non-ortho nitro benzene ring substituents is 1. The second-order valence-electron chi connectivity index (χ2n) is 4.91. The zero-order chi connectivity index (χ0) is 13.0. The topological polar surface area (TPSA) is 52.4 Å². The summed E-state index contributed by atoms with van der Waals surface area (Å²) in [6, 6.07) is 6.35. The summed E-state index contributed by atoms with van der Waals surface area (Å²) in [5.74, 6) is 1.37. The summed E-state index contributed by atoms with van der Waals surface area (Å²) in [5.41, 5.74) is 0.215. The number of rotatable bonds is 5. The number of ether oxygens (including phenoxy) is 1. The third kappa shape index (κ3) is 2.96. The van der Waals surface area contributed by atoms with Gasteiger partial charge < -0.3 is 4.74 Å². The van der Waals surface area contributed by atoms with E-state index in [4.69, 9.17) is 4.74 Å². The molecule has 1 aliphatic rings. The Kier molecular flexibility index (Phi) is 4.11. The molecule has 0 heterocycles. The van der Waals surface area contributed by atoms with Crippen molar-refractivity contribution in [2.45, 2.75) is 25.7 Å². The average molecular weight is 267 g/mol. The lowest BCUT2D eigenvalue weighted by Crippen LogP contribution is -2.27. The Morgan fingerprint density at radius 3 is 2.72 bits per heavy atom. The Labute approximate surface area is 112 Å². The van der Waals surface area contributed by atoms with Crippen molar-refractivity contribution < 1.29 is 9.66 Å². The van der Waals surface area contributed by atoms with Crippen molar-refractivity contribution in [3.05, 3.63) is 34.4 Å². The van der Waals surface area contributed by atoms with Crippen LogP contribution in [0.1, 0.15) is 25.7 Å². The maximum atomic E-state index is 10.7. The van der Waals surface area contributed by atoms with Gasteiger partial charge in [-0.25, -0.2) is 0 Å². The zero-order valence-corrected chi connectivity index (χ0v) is 11.1. The summed E-state index contributed by atoms with van der Waals surface area (Å²) in [4.78, 5) is 10.3. The van der Waals surface area contributed by atoms with Gasteiger partial charge >= 0.3 is 0 Å². The van der Waals surface area contributed by atoms with Gasteiger partial charge in [0.25, 0.3) is 5.69 Å². The summed E-state index contributed by atoms with van der Waals surface area (Å²) >= 11 is 4.41. The Balaban J connectivity index is 2.01. The van der Waals surface area contributed by atoms with E-state index >= 15 is 0 Å². The molecule has 0 aromatic heterocycles. The first-order valence-electron chi connectivity index (χ1n) is 6.13. The molecular formula is C13H17NO3S. The highest BCUT2D eigenvalue weighted by Crippen LogP contribution is 2.39. The van der Waals surface area contributed by atoms with Crippen molar-refractivity contribution in [1.82, 2.24) is 0 Å². The number of hydrogen-bond acceptors (Lipinski definition) is 4. The number of hydrogen-bond donors (Lipinski definition) is 1. The van der Waals surface area contributed by atoms with Gasteiger partial charge in [0, 0.05) is 11.5 Å². The standard InChI is InChI=1S/C13H17NO3S/c15-14(16)11-4-3-5-12(8-11)17-9-13(10-18)6-1-2-7-13/h3-5,8,18H,1-2,6-7,9-10H2. The number of nitrogens with zero attached hydrogens (tertiary/aromatic N) is 1. The minimum atomic E-state index is -0.406. The molecule has 0 atom stereocenters. The van der Waals surface area contributed by atoms with Gasteiger partial charge in [-0.2, -0.15) is 12.6 Å². The number of benzene rings is 1. The van der Waals surface area contributed by atoms with Crippen LogP contribution in [0.5, 0.6) is 5.75 Å². The Hall–Kier alpha value is -1.23. The summed E-state index contributed by atoms with van der Waals surface area (Å²) in [5, 5.41) is 10.7. The molecule has 0 aliphatic heterocycles. The van der Waals surface area contributed by atoms with Gasteiger partial charge in [0.1, 0.15) is 5.75 Å². The second-order valence-corrected chi connectivity index (χ2v) is 5.22. The second kappa shape index (κ2) is 5.61. The first kappa shape index (κ1) is 13.2. The highest BCUT2D eigenvalue weighted by Gasteiger charge is 2.33. The minimum Gasteiger partial charge on any atom is -0.493 e. The lowest BCUT2D eigenvalue weighted by atomic mass is 9.90. The molecule has 0 unspecified atom stereocenters. The largest absolute Gasteiger partial charge is 0.493 e. The fourth-order valence-electron chi connectivity index (χ4n) is 2.40. The number of nitro benzene ring substituents is 1. The van der Waals surface area contributed by atoms with E-state index in [0.29, 0.717) is 12.4 Å². The van der Waals surface area contributed by atoms with Crippen molar-refractivity contribution in [2.75, 3.05) is 12.4 Å². The third-order valence-electron chi connectivity index (χ3n) is 3.57. The number of thiol groups is 1. The van der Waals surface area contributed by atoms with Crippen LogP contribution < -0.4 is 4.74 Å². The highest BCUT2D eigenvalue weighted by molar-refractivity contribution is 7.80. The molecule has 0 bridgehead atoms. The van der Waals surface area contributed by atoms with E-state index in [-0.39, 0.29) is 11.1 Å². The van der Waals surface area contributed by atoms with Crippen molar-refractivity contribution in [2.24, 2.45) is 5.41 Å². The molecule has 0 spiro atoms. The van der Waals surface area contributed by atoms with Gasteiger partial charge in [0.2, 0.25) is 0 Å². The van der Waals surface area contributed by atoms with Crippen molar-refractivity contribution in [3.8, 4) is 5.75 Å². The molecule has 1 aliphatic carbocycles. The zero-order valence-electron chi connectivity index (χ0n) is 10.2. The van der Waals surface area contributed by atoms with Gasteiger partial charge in [0.15, 0.2) is 0 Å². The van der Waals surface area contributed by atoms with E-state index in [9.17, 15) is 10.1 Å². The smallest absolute Gasteiger partial charge is 0.273 e. The first-order chi connectivity index (χ1) is 8.65. The maximum Gasteiger partial charge on any atom is 0.273 e. The van der Waals surface area contributed by atoms with Crippen LogP contribution in [0.4, 0.5) is 5.69 Å². The molecular weight excluding hydrogens is 250 g/mol. The Morgan fingerprint density at radius 2 is 2.11 bits per heavy atom. The lowest BCUT2D eigenvalue weighted by Gasteiger charge is -2.26. The molecule has 1 aromatic carbocycles. The minimum absolute atomic E-state index is 0.0684. The molecule has 0 radical (unpaired) electrons. The molecule has 1 aromatic rings. The average Bonchev–Trinajstić information content (AvgIpc) is 2.86. The summed E-state index contributed by atoms with van der Waals surface area (Å²) in [6.45, 7) is 0.595. The molecule has 2 rings (SSSR count). The van der Waals surface area contributed by atoms with Crippen LogP contribution in [0.15, 0.2) is 24.3 Å². The quantitative estimate of drug-likeness (QED) is 0.505. The SMILES string of the molecule is O=[N+]([O-])c1cccc(OCC2(CS)CCCC2)c1. The molecule has 1 fully saturated rings. The van der Waals surface area contributed by atoms with Gasteiger partial charge in [-0.15, -0.1) is 0 Å². The van der Waals surface area contributed by atoms with Gasteiger partial charge in [-0.3, -0.25) is 10.1 Å². The predicted molar refractivity (Wildman–Crippen MR) is 73.3 cm³/mol. The van der Waals surface area contributed by atoms with Crippen LogP contribution in [-0.4, -0.2) is 17.3 Å². The van der Waals surface area contributed by atoms with Crippen molar-refractivity contribution in [1.29, 1.82) is 0 Å². The highest BCUT2D eigenvalue weighted by atomic mass is 32.1.